The van der Waals surface area contributed by atoms with Crippen molar-refractivity contribution in [2.45, 2.75) is 184 Å². The standard InChI is InChI=1S/C128H110N2O8/c1-23-69-53-91(65(3)4)119(92(54-69)66(5)6)129-121(131)99-61-103(135-79-37-29-75(30-38-79)125(11,12)13)113-87-49-45-83-95-57-71-25-27-73-59-97-85-47-51-89-110-90(52-48-86(108(85)110)98(97)60-74(73)28-26-72(71)58-96(95)84-46-50-88(109(87)107(83)84)114-104(62-100(122(129)132)111(99)117(113)114)136-80-39-31-76(32-40-80)126(14,15)16)116-106(138-82-43-35-78(36-44-82)128(20,21)22)64-102-112-101(63-105(115(89)118(112)116)137-81-41-33-77(34-42-81)127(17,18)19)123(133)130(124(102)134)120-93(67(7)8)55-70(24-2)56-94(120)68(9)10/h23-68H,1-2H2,3-22H3. The van der Waals surface area contributed by atoms with Crippen molar-refractivity contribution in [1.82, 2.24) is 0 Å². The summed E-state index contributed by atoms with van der Waals surface area (Å²) in [4.78, 5) is 68.5. The molecule has 0 radical (unpaired) electrons. The van der Waals surface area contributed by atoms with Crippen molar-refractivity contribution in [3.63, 3.8) is 0 Å². The number of fused-ring (bicyclic) bond motifs is 12. The maximum Gasteiger partial charge on any atom is 0.266 e. The fourth-order valence-corrected chi connectivity index (χ4v) is 22.6. The van der Waals surface area contributed by atoms with Gasteiger partial charge in [0.25, 0.3) is 23.6 Å². The number of carbonyl (C=O) groups excluding carboxylic acids is 4. The zero-order chi connectivity index (χ0) is 96.3. The van der Waals surface area contributed by atoms with Crippen LogP contribution in [0, 0.1) is 0 Å². The van der Waals surface area contributed by atoms with Gasteiger partial charge < -0.3 is 18.9 Å². The molecule has 0 atom stereocenters. The van der Waals surface area contributed by atoms with Gasteiger partial charge in [0.05, 0.1) is 33.6 Å². The number of amides is 4. The molecule has 0 fully saturated rings. The highest BCUT2D eigenvalue weighted by Crippen LogP contribution is 2.60. The third kappa shape index (κ3) is 13.2. The maximum absolute atomic E-state index is 16.4. The number of carbonyl (C=O) groups is 4. The summed E-state index contributed by atoms with van der Waals surface area (Å²) in [5.41, 5.74) is 12.0. The topological polar surface area (TPSA) is 112 Å². The Morgan fingerprint density at radius 2 is 0.435 bits per heavy atom. The predicted octanol–water partition coefficient (Wildman–Crippen LogP) is 35.9. The van der Waals surface area contributed by atoms with Crippen molar-refractivity contribution in [3.8, 4) is 46.0 Å². The lowest BCUT2D eigenvalue weighted by Crippen LogP contribution is -2.42. The Balaban J connectivity index is 0.733. The lowest BCUT2D eigenvalue weighted by Gasteiger charge is -2.34. The van der Waals surface area contributed by atoms with Crippen LogP contribution in [-0.2, 0) is 21.7 Å². The van der Waals surface area contributed by atoms with Crippen LogP contribution in [0.25, 0.3) is 163 Å². The van der Waals surface area contributed by atoms with Gasteiger partial charge in [0.15, 0.2) is 0 Å². The molecule has 680 valence electrons. The molecule has 2 aliphatic rings. The summed E-state index contributed by atoms with van der Waals surface area (Å²) < 4.78 is 29.6. The maximum atomic E-state index is 16.4. The number of anilines is 2. The van der Waals surface area contributed by atoms with Crippen molar-refractivity contribution in [2.75, 3.05) is 9.80 Å². The van der Waals surface area contributed by atoms with Crippen molar-refractivity contribution in [1.29, 1.82) is 0 Å². The third-order valence-electron chi connectivity index (χ3n) is 29.9. The van der Waals surface area contributed by atoms with Gasteiger partial charge in [-0.05, 0) is 330 Å². The average Bonchev–Trinajstić information content (AvgIpc) is 1.17. The number of benzene rings is 18. The largest absolute Gasteiger partial charge is 0.457 e. The third-order valence-corrected chi connectivity index (χ3v) is 29.9. The molecule has 0 bridgehead atoms. The first-order valence-electron chi connectivity index (χ1n) is 48.6. The van der Waals surface area contributed by atoms with E-state index in [0.717, 1.165) is 185 Å². The smallest absolute Gasteiger partial charge is 0.266 e. The number of hydrogen-bond acceptors (Lipinski definition) is 8. The van der Waals surface area contributed by atoms with Gasteiger partial charge in [-0.15, -0.1) is 0 Å². The second kappa shape index (κ2) is 30.8. The van der Waals surface area contributed by atoms with Crippen molar-refractivity contribution in [3.05, 3.63) is 334 Å². The molecule has 2 aliphatic heterocycles. The zero-order valence-electron chi connectivity index (χ0n) is 82.1. The summed E-state index contributed by atoms with van der Waals surface area (Å²) in [5.74, 6) is 2.36. The fourth-order valence-electron chi connectivity index (χ4n) is 22.6. The Labute approximate surface area is 804 Å². The van der Waals surface area contributed by atoms with Gasteiger partial charge in [0, 0.05) is 43.1 Å². The van der Waals surface area contributed by atoms with Crippen LogP contribution >= 0.6 is 0 Å². The summed E-state index contributed by atoms with van der Waals surface area (Å²) in [5, 5.41) is 26.5. The second-order valence-corrected chi connectivity index (χ2v) is 44.1. The minimum absolute atomic E-state index is 0.0665. The minimum Gasteiger partial charge on any atom is -0.457 e. The van der Waals surface area contributed by atoms with Crippen molar-refractivity contribution in [2.24, 2.45) is 0 Å². The SMILES string of the molecule is C=Cc1cc(C(C)C)c(N2C(=O)c3cc(Oc4ccc(C(C)(C)C)cc4)c4c5ccc6c7cc8ccc9cc%10c(cc9ccc8cc7c7ccc(c8c(Oc9ccc(C(C)(C)C)cc9)cc(c3c48)C2=O)c5c67)c2ccc3c4c(Oc5ccc(C(C)(C)C)cc5)cc5c6c(cc(Oc7ccc(C(C)(C)C)cc7)c(c7ccc%10c2c73)c64)C(=O)N(c2c(C(C)C)cc(C=C)cc2C(C)C)C5=O)c(C(C)C)c1. The van der Waals surface area contributed by atoms with Gasteiger partial charge in [0.2, 0.25) is 0 Å². The van der Waals surface area contributed by atoms with E-state index in [1.54, 1.807) is 0 Å². The molecule has 0 spiro atoms. The van der Waals surface area contributed by atoms with E-state index in [1.807, 2.05) is 84.9 Å². The molecule has 4 amide bonds. The molecule has 0 saturated carbocycles. The van der Waals surface area contributed by atoms with E-state index in [4.69, 9.17) is 18.9 Å². The van der Waals surface area contributed by atoms with Crippen LogP contribution in [0.1, 0.15) is 259 Å². The minimum atomic E-state index is -0.429. The Bertz CT molecular complexity index is 7940. The molecule has 0 saturated heterocycles. The fraction of sp³-hybridized carbons (Fsp3) is 0.219. The van der Waals surface area contributed by atoms with Crippen molar-refractivity contribution >= 4 is 198 Å². The molecule has 23 rings (SSSR count). The van der Waals surface area contributed by atoms with Crippen LogP contribution in [0.5, 0.6) is 46.0 Å². The molecule has 10 nitrogen and oxygen atoms in total. The molecule has 21 aromatic carbocycles. The molecular weight excluding hydrogens is 1690 g/mol. The van der Waals surface area contributed by atoms with E-state index < -0.39 is 23.6 Å². The molecule has 10 heteroatoms. The van der Waals surface area contributed by atoms with Gasteiger partial charge in [-0.25, -0.2) is 9.80 Å². The van der Waals surface area contributed by atoms with E-state index in [0.29, 0.717) is 101 Å². The second-order valence-electron chi connectivity index (χ2n) is 44.1. The Morgan fingerprint density at radius 1 is 0.232 bits per heavy atom. The van der Waals surface area contributed by atoms with E-state index in [9.17, 15) is 0 Å². The number of imide groups is 2. The van der Waals surface area contributed by atoms with Gasteiger partial charge >= 0.3 is 0 Å². The Morgan fingerprint density at radius 3 is 0.630 bits per heavy atom. The van der Waals surface area contributed by atoms with Crippen LogP contribution in [0.2, 0.25) is 0 Å². The van der Waals surface area contributed by atoms with Gasteiger partial charge in [-0.2, -0.15) is 0 Å². The lowest BCUT2D eigenvalue weighted by atomic mass is 9.82. The highest BCUT2D eigenvalue weighted by Gasteiger charge is 2.44. The molecule has 138 heavy (non-hydrogen) atoms. The van der Waals surface area contributed by atoms with Crippen LogP contribution in [0.3, 0.4) is 0 Å². The van der Waals surface area contributed by atoms with Crippen LogP contribution < -0.4 is 28.7 Å². The van der Waals surface area contributed by atoms with Crippen LogP contribution in [0.4, 0.5) is 11.4 Å². The molecule has 0 unspecified atom stereocenters. The normalized spacial score (nSPS) is 13.7. The summed E-state index contributed by atoms with van der Waals surface area (Å²) >= 11 is 0. The molecule has 0 N–H and O–H groups in total. The lowest BCUT2D eigenvalue weighted by molar-refractivity contribution is 0.0877. The van der Waals surface area contributed by atoms with E-state index >= 15 is 19.2 Å². The van der Waals surface area contributed by atoms with Gasteiger partial charge in [-0.3, -0.25) is 19.2 Å². The predicted molar refractivity (Wildman–Crippen MR) is 578 cm³/mol. The monoisotopic (exact) mass is 1800 g/mol. The summed E-state index contributed by atoms with van der Waals surface area (Å²) in [7, 11) is 0. The summed E-state index contributed by atoms with van der Waals surface area (Å²) in [6, 6.07) is 85.4. The van der Waals surface area contributed by atoms with E-state index in [2.05, 4.69) is 321 Å². The Hall–Kier alpha value is -15.0. The van der Waals surface area contributed by atoms with Crippen LogP contribution in [-0.4, -0.2) is 23.6 Å². The van der Waals surface area contributed by atoms with Crippen molar-refractivity contribution < 1.29 is 38.1 Å². The first-order valence-corrected chi connectivity index (χ1v) is 48.6. The summed E-state index contributed by atoms with van der Waals surface area (Å²) in [6.45, 7) is 51.6. The van der Waals surface area contributed by atoms with E-state index in [-0.39, 0.29) is 45.3 Å². The highest BCUT2D eigenvalue weighted by atomic mass is 16.5. The number of rotatable bonds is 16. The number of nitrogens with zero attached hydrogens (tertiary/aromatic N) is 2. The number of ether oxygens (including phenoxy) is 4. The average molecular weight is 1800 g/mol. The Kier molecular flexibility index (Phi) is 19.4. The van der Waals surface area contributed by atoms with Gasteiger partial charge in [0.1, 0.15) is 46.0 Å². The molecule has 0 aliphatic carbocycles. The quantitative estimate of drug-likeness (QED) is 0.0534. The molecule has 21 aromatic rings. The van der Waals surface area contributed by atoms with E-state index in [1.165, 1.54) is 9.80 Å². The summed E-state index contributed by atoms with van der Waals surface area (Å²) in [6.07, 6.45) is 3.67. The number of hydrogen-bond donors (Lipinski definition) is 0. The first-order chi connectivity index (χ1) is 65.8. The zero-order valence-corrected chi connectivity index (χ0v) is 82.1. The first kappa shape index (κ1) is 87.1. The molecular formula is C128H110N2O8. The molecule has 2 heterocycles. The molecule has 0 aromatic heterocycles. The highest BCUT2D eigenvalue weighted by molar-refractivity contribution is 6.50. The van der Waals surface area contributed by atoms with Gasteiger partial charge in [-0.1, -0.05) is 285 Å². The van der Waals surface area contributed by atoms with Crippen LogP contribution in [0.15, 0.2) is 256 Å².